The normalized spacial score (nSPS) is 25.1. The molecule has 6 N–H and O–H groups in total. The highest BCUT2D eigenvalue weighted by molar-refractivity contribution is 6.22. The number of carbonyl (C=O) groups excluding carboxylic acids is 4. The third-order valence-corrected chi connectivity index (χ3v) is 7.89. The van der Waals surface area contributed by atoms with Crippen LogP contribution in [0.5, 0.6) is 5.75 Å². The van der Waals surface area contributed by atoms with E-state index in [1.54, 1.807) is 25.2 Å². The van der Waals surface area contributed by atoms with E-state index < -0.39 is 52.0 Å². The highest BCUT2D eigenvalue weighted by Crippen LogP contribution is 2.52. The maximum Gasteiger partial charge on any atom is 0.255 e. The van der Waals surface area contributed by atoms with Gasteiger partial charge in [-0.1, -0.05) is 18.2 Å². The quantitative estimate of drug-likeness (QED) is 0.389. The zero-order valence-corrected chi connectivity index (χ0v) is 20.2. The average molecular weight is 507 g/mol. The smallest absolute Gasteiger partial charge is 0.255 e. The van der Waals surface area contributed by atoms with Crippen LogP contribution in [0.15, 0.2) is 41.2 Å². The van der Waals surface area contributed by atoms with Crippen LogP contribution >= 0.6 is 0 Å². The SMILES string of the molecule is CC(=O)N(C)Cc1ccc2cc3c(c(O)c2c1)C(O)=C1C(=O)[C@]2(O)C(O)=C(C(N)=O)C(=O)C[C@@H]2CC1C3. The molecule has 1 fully saturated rings. The van der Waals surface area contributed by atoms with Gasteiger partial charge in [-0.15, -0.1) is 0 Å². The Kier molecular flexibility index (Phi) is 5.41. The van der Waals surface area contributed by atoms with E-state index in [9.17, 15) is 39.6 Å². The Labute approximate surface area is 211 Å². The van der Waals surface area contributed by atoms with Crippen molar-refractivity contribution in [3.63, 3.8) is 0 Å². The second-order valence-corrected chi connectivity index (χ2v) is 10.1. The van der Waals surface area contributed by atoms with Crippen molar-refractivity contribution < 1.29 is 39.6 Å². The minimum Gasteiger partial charge on any atom is -0.508 e. The van der Waals surface area contributed by atoms with E-state index in [0.717, 1.165) is 5.56 Å². The van der Waals surface area contributed by atoms with Gasteiger partial charge in [0, 0.05) is 43.8 Å². The van der Waals surface area contributed by atoms with Gasteiger partial charge in [0.1, 0.15) is 22.8 Å². The van der Waals surface area contributed by atoms with Crippen molar-refractivity contribution in [2.45, 2.75) is 38.3 Å². The van der Waals surface area contributed by atoms with Crippen LogP contribution in [0.1, 0.15) is 36.5 Å². The fraction of sp³-hybridized carbons (Fsp3) is 0.333. The first-order chi connectivity index (χ1) is 17.4. The second kappa shape index (κ2) is 8.17. The molecule has 0 radical (unpaired) electrons. The summed E-state index contributed by atoms with van der Waals surface area (Å²) in [5.74, 6) is -6.65. The summed E-state index contributed by atoms with van der Waals surface area (Å²) in [6.45, 7) is 1.74. The molecule has 192 valence electrons. The molecule has 2 amide bonds. The molecule has 37 heavy (non-hydrogen) atoms. The van der Waals surface area contributed by atoms with E-state index in [1.807, 2.05) is 6.07 Å². The number of phenolic OH excluding ortho intramolecular Hbond substituents is 1. The largest absolute Gasteiger partial charge is 0.508 e. The number of fused-ring (bicyclic) bond motifs is 4. The summed E-state index contributed by atoms with van der Waals surface area (Å²) >= 11 is 0. The zero-order valence-electron chi connectivity index (χ0n) is 20.2. The van der Waals surface area contributed by atoms with Crippen molar-refractivity contribution in [3.05, 3.63) is 57.9 Å². The van der Waals surface area contributed by atoms with Gasteiger partial charge in [-0.2, -0.15) is 0 Å². The average Bonchev–Trinajstić information content (AvgIpc) is 2.81. The minimum atomic E-state index is -2.59. The number of hydrogen-bond acceptors (Lipinski definition) is 8. The predicted molar refractivity (Wildman–Crippen MR) is 131 cm³/mol. The summed E-state index contributed by atoms with van der Waals surface area (Å²) in [4.78, 5) is 50.9. The van der Waals surface area contributed by atoms with Crippen LogP contribution in [-0.4, -0.2) is 61.4 Å². The van der Waals surface area contributed by atoms with Crippen LogP contribution in [0.3, 0.4) is 0 Å². The number of amides is 2. The van der Waals surface area contributed by atoms with Gasteiger partial charge in [0.2, 0.25) is 11.7 Å². The summed E-state index contributed by atoms with van der Waals surface area (Å²) in [5, 5.41) is 45.5. The summed E-state index contributed by atoms with van der Waals surface area (Å²) in [6, 6.07) is 7.13. The van der Waals surface area contributed by atoms with Crippen molar-refractivity contribution in [1.29, 1.82) is 0 Å². The fourth-order valence-electron chi connectivity index (χ4n) is 5.92. The Morgan fingerprint density at radius 1 is 1.14 bits per heavy atom. The molecule has 10 heteroatoms. The van der Waals surface area contributed by atoms with E-state index in [1.165, 1.54) is 11.8 Å². The van der Waals surface area contributed by atoms with E-state index >= 15 is 0 Å². The maximum atomic E-state index is 13.6. The highest BCUT2D eigenvalue weighted by atomic mass is 16.3. The number of rotatable bonds is 3. The third-order valence-electron chi connectivity index (χ3n) is 7.89. The molecule has 0 spiro atoms. The molecule has 0 heterocycles. The molecule has 1 unspecified atom stereocenters. The Morgan fingerprint density at radius 3 is 2.49 bits per heavy atom. The number of hydrogen-bond donors (Lipinski definition) is 5. The molecular weight excluding hydrogens is 480 g/mol. The van der Waals surface area contributed by atoms with Crippen LogP contribution in [0.4, 0.5) is 0 Å². The lowest BCUT2D eigenvalue weighted by Gasteiger charge is -2.46. The highest BCUT2D eigenvalue weighted by Gasteiger charge is 2.60. The molecule has 0 bridgehead atoms. The monoisotopic (exact) mass is 506 g/mol. The molecule has 10 nitrogen and oxygen atoms in total. The van der Waals surface area contributed by atoms with Crippen LogP contribution in [0.25, 0.3) is 16.5 Å². The van der Waals surface area contributed by atoms with Crippen LogP contribution in [-0.2, 0) is 32.1 Å². The van der Waals surface area contributed by atoms with E-state index in [-0.39, 0.29) is 42.1 Å². The van der Waals surface area contributed by atoms with E-state index in [0.29, 0.717) is 22.9 Å². The van der Waals surface area contributed by atoms with Crippen LogP contribution in [0.2, 0.25) is 0 Å². The van der Waals surface area contributed by atoms with Gasteiger partial charge in [-0.05, 0) is 41.3 Å². The number of benzene rings is 2. The Balaban J connectivity index is 1.65. The second-order valence-electron chi connectivity index (χ2n) is 10.1. The lowest BCUT2D eigenvalue weighted by Crippen LogP contribution is -2.58. The van der Waals surface area contributed by atoms with Crippen LogP contribution in [0, 0.1) is 11.8 Å². The number of nitrogens with zero attached hydrogens (tertiary/aromatic N) is 1. The summed E-state index contributed by atoms with van der Waals surface area (Å²) in [7, 11) is 1.65. The topological polar surface area (TPSA) is 178 Å². The standard InChI is InChI=1S/C27H26N2O8/c1-11(30)29(2)10-12-3-4-13-6-14-7-15-8-16-9-18(31)21(26(28)36)25(35)27(16,37)24(34)20(15)23(33)19(14)22(32)17(13)5-12/h3-6,15-16,32-33,35,37H,7-10H2,1-2H3,(H2,28,36)/t15?,16-,27-/m0/s1. The number of Topliss-reactive ketones (excluding diaryl/α,β-unsaturated/α-hetero) is 2. The minimum absolute atomic E-state index is 0.0386. The van der Waals surface area contributed by atoms with Gasteiger partial charge >= 0.3 is 0 Å². The lowest BCUT2D eigenvalue weighted by molar-refractivity contribution is -0.147. The molecule has 5 rings (SSSR count). The van der Waals surface area contributed by atoms with E-state index in [2.05, 4.69) is 0 Å². The Morgan fingerprint density at radius 2 is 1.84 bits per heavy atom. The molecular formula is C27H26N2O8. The first-order valence-electron chi connectivity index (χ1n) is 11.8. The molecule has 2 aromatic carbocycles. The number of ketones is 2. The van der Waals surface area contributed by atoms with Gasteiger partial charge in [0.15, 0.2) is 11.4 Å². The number of carbonyl (C=O) groups is 4. The summed E-state index contributed by atoms with van der Waals surface area (Å²) in [5.41, 5.74) is 2.99. The summed E-state index contributed by atoms with van der Waals surface area (Å²) in [6.07, 6.45) is -0.0345. The number of phenols is 1. The number of primary amides is 1. The molecule has 1 saturated carbocycles. The Hall–Kier alpha value is -4.18. The number of aromatic hydroxyl groups is 1. The van der Waals surface area contributed by atoms with Gasteiger partial charge in [0.05, 0.1) is 5.56 Å². The van der Waals surface area contributed by atoms with Gasteiger partial charge in [-0.3, -0.25) is 19.2 Å². The van der Waals surface area contributed by atoms with Crippen molar-refractivity contribution in [2.24, 2.45) is 17.6 Å². The summed E-state index contributed by atoms with van der Waals surface area (Å²) < 4.78 is 0. The van der Waals surface area contributed by atoms with Crippen molar-refractivity contribution in [2.75, 3.05) is 7.05 Å². The number of nitrogens with two attached hydrogens (primary N) is 1. The van der Waals surface area contributed by atoms with E-state index in [4.69, 9.17) is 5.73 Å². The lowest BCUT2D eigenvalue weighted by atomic mass is 9.59. The van der Waals surface area contributed by atoms with Gasteiger partial charge in [0.25, 0.3) is 5.91 Å². The zero-order chi connectivity index (χ0) is 27.0. The molecule has 0 aromatic heterocycles. The number of aliphatic hydroxyl groups excluding tert-OH is 2. The van der Waals surface area contributed by atoms with Crippen molar-refractivity contribution >= 4 is 39.9 Å². The first-order valence-corrected chi connectivity index (χ1v) is 11.8. The van der Waals surface area contributed by atoms with Gasteiger partial charge < -0.3 is 31.1 Å². The number of aliphatic hydroxyl groups is 3. The van der Waals surface area contributed by atoms with Crippen LogP contribution < -0.4 is 5.73 Å². The fourth-order valence-corrected chi connectivity index (χ4v) is 5.92. The molecule has 3 aliphatic rings. The molecule has 3 atom stereocenters. The molecule has 3 aliphatic carbocycles. The molecule has 0 aliphatic heterocycles. The van der Waals surface area contributed by atoms with Gasteiger partial charge in [-0.25, -0.2) is 0 Å². The van der Waals surface area contributed by atoms with Crippen molar-refractivity contribution in [3.8, 4) is 5.75 Å². The van der Waals surface area contributed by atoms with Crippen molar-refractivity contribution in [1.82, 2.24) is 4.90 Å². The predicted octanol–water partition coefficient (Wildman–Crippen LogP) is 1.56. The molecule has 0 saturated heterocycles. The maximum absolute atomic E-state index is 13.6. The molecule has 2 aromatic rings. The third kappa shape index (κ3) is 3.43. The Bertz CT molecular complexity index is 1500. The first kappa shape index (κ1) is 24.5.